The van der Waals surface area contributed by atoms with Gasteiger partial charge in [0, 0.05) is 13.1 Å². The van der Waals surface area contributed by atoms with E-state index in [2.05, 4.69) is 0 Å². The van der Waals surface area contributed by atoms with E-state index in [0.717, 1.165) is 0 Å². The Kier molecular flexibility index (Phi) is 4.88. The first-order valence-electron chi connectivity index (χ1n) is 5.40. The van der Waals surface area contributed by atoms with Crippen molar-refractivity contribution in [2.75, 3.05) is 19.3 Å². The molecule has 0 unspecified atom stereocenters. The van der Waals surface area contributed by atoms with E-state index in [1.165, 1.54) is 16.7 Å². The van der Waals surface area contributed by atoms with Crippen molar-refractivity contribution in [3.05, 3.63) is 0 Å². The normalized spacial score (nSPS) is 19.7. The number of thiocarbonyl (C=S) groups is 1. The van der Waals surface area contributed by atoms with E-state index in [4.69, 9.17) is 18.0 Å². The highest BCUT2D eigenvalue weighted by atomic mass is 32.2. The Labute approximate surface area is 113 Å². The van der Waals surface area contributed by atoms with Gasteiger partial charge in [0.1, 0.15) is 6.42 Å². The molecule has 1 saturated heterocycles. The number of piperidine rings is 1. The Morgan fingerprint density at radius 1 is 1.44 bits per heavy atom. The number of likely N-dealkylation sites (tertiary alicyclic amines) is 1. The van der Waals surface area contributed by atoms with Crippen LogP contribution < -0.4 is 5.73 Å². The standard InChI is InChI=1S/C10H15F3N2OS2/c1-18-9(8(14)17)2-4-15(5-3-9)7(16)6-10(11,12)13/h2-6H2,1H3,(H2,14,17). The van der Waals surface area contributed by atoms with Gasteiger partial charge in [0.15, 0.2) is 0 Å². The number of carbonyl (C=O) groups excluding carboxylic acids is 1. The summed E-state index contributed by atoms with van der Waals surface area (Å²) in [5.41, 5.74) is 5.66. The van der Waals surface area contributed by atoms with Gasteiger partial charge in [0.25, 0.3) is 0 Å². The molecular formula is C10H15F3N2OS2. The van der Waals surface area contributed by atoms with Gasteiger partial charge in [0.05, 0.1) is 9.74 Å². The number of carbonyl (C=O) groups is 1. The van der Waals surface area contributed by atoms with Gasteiger partial charge < -0.3 is 10.6 Å². The van der Waals surface area contributed by atoms with E-state index in [-0.39, 0.29) is 17.8 Å². The van der Waals surface area contributed by atoms with Gasteiger partial charge in [-0.1, -0.05) is 12.2 Å². The zero-order valence-electron chi connectivity index (χ0n) is 9.92. The van der Waals surface area contributed by atoms with Crippen molar-refractivity contribution in [3.63, 3.8) is 0 Å². The number of alkyl halides is 3. The van der Waals surface area contributed by atoms with Crippen molar-refractivity contribution in [1.29, 1.82) is 0 Å². The van der Waals surface area contributed by atoms with Gasteiger partial charge in [-0.2, -0.15) is 24.9 Å². The molecule has 1 heterocycles. The van der Waals surface area contributed by atoms with Gasteiger partial charge in [-0.3, -0.25) is 4.79 Å². The van der Waals surface area contributed by atoms with Gasteiger partial charge in [-0.05, 0) is 19.1 Å². The Balaban J connectivity index is 2.58. The lowest BCUT2D eigenvalue weighted by atomic mass is 9.95. The minimum absolute atomic E-state index is 0.271. The lowest BCUT2D eigenvalue weighted by Gasteiger charge is -2.40. The molecule has 0 saturated carbocycles. The first-order valence-corrected chi connectivity index (χ1v) is 7.03. The van der Waals surface area contributed by atoms with Crippen LogP contribution in [0.5, 0.6) is 0 Å². The lowest BCUT2D eigenvalue weighted by Crippen LogP contribution is -2.51. The number of halogens is 3. The monoisotopic (exact) mass is 300 g/mol. The van der Waals surface area contributed by atoms with Gasteiger partial charge in [-0.15, -0.1) is 0 Å². The van der Waals surface area contributed by atoms with Gasteiger partial charge in [-0.25, -0.2) is 0 Å². The van der Waals surface area contributed by atoms with E-state index >= 15 is 0 Å². The number of nitrogens with two attached hydrogens (primary N) is 1. The molecule has 3 nitrogen and oxygen atoms in total. The predicted molar refractivity (Wildman–Crippen MR) is 69.5 cm³/mol. The van der Waals surface area contributed by atoms with Crippen molar-refractivity contribution >= 4 is 34.9 Å². The van der Waals surface area contributed by atoms with Crippen LogP contribution in [0.3, 0.4) is 0 Å². The largest absolute Gasteiger partial charge is 0.397 e. The molecule has 0 aliphatic carbocycles. The molecule has 104 valence electrons. The minimum atomic E-state index is -4.45. The molecule has 0 bridgehead atoms. The number of amides is 1. The van der Waals surface area contributed by atoms with Crippen LogP contribution in [-0.4, -0.2) is 46.1 Å². The van der Waals surface area contributed by atoms with Crippen LogP contribution >= 0.6 is 24.0 Å². The van der Waals surface area contributed by atoms with Gasteiger partial charge in [0.2, 0.25) is 5.91 Å². The quantitative estimate of drug-likeness (QED) is 0.809. The molecule has 0 aromatic carbocycles. The number of thioether (sulfide) groups is 1. The molecule has 2 N–H and O–H groups in total. The van der Waals surface area contributed by atoms with E-state index < -0.39 is 18.5 Å². The summed E-state index contributed by atoms with van der Waals surface area (Å²) in [6.07, 6.45) is -2.97. The Bertz CT molecular complexity index is 339. The molecule has 0 radical (unpaired) electrons. The van der Waals surface area contributed by atoms with Crippen molar-refractivity contribution < 1.29 is 18.0 Å². The highest BCUT2D eigenvalue weighted by Gasteiger charge is 2.40. The molecule has 18 heavy (non-hydrogen) atoms. The second-order valence-corrected chi connectivity index (χ2v) is 5.86. The summed E-state index contributed by atoms with van der Waals surface area (Å²) in [7, 11) is 0. The first-order chi connectivity index (χ1) is 8.20. The summed E-state index contributed by atoms with van der Waals surface area (Å²) >= 11 is 6.49. The number of hydrogen-bond donors (Lipinski definition) is 1. The Morgan fingerprint density at radius 2 is 1.94 bits per heavy atom. The molecule has 1 aliphatic rings. The zero-order valence-corrected chi connectivity index (χ0v) is 11.6. The van der Waals surface area contributed by atoms with Crippen molar-refractivity contribution in [2.24, 2.45) is 5.73 Å². The highest BCUT2D eigenvalue weighted by molar-refractivity contribution is 8.02. The molecular weight excluding hydrogens is 285 g/mol. The molecule has 0 spiro atoms. The fourth-order valence-corrected chi connectivity index (χ4v) is 3.20. The Morgan fingerprint density at radius 3 is 2.28 bits per heavy atom. The second-order valence-electron chi connectivity index (χ2n) is 4.24. The van der Waals surface area contributed by atoms with Crippen LogP contribution in [0.1, 0.15) is 19.3 Å². The highest BCUT2D eigenvalue weighted by Crippen LogP contribution is 2.35. The maximum atomic E-state index is 12.1. The SMILES string of the molecule is CSC1(C(N)=S)CCN(C(=O)CC(F)(F)F)CC1. The fourth-order valence-electron chi connectivity index (χ4n) is 1.95. The van der Waals surface area contributed by atoms with E-state index in [1.807, 2.05) is 6.26 Å². The summed E-state index contributed by atoms with van der Waals surface area (Å²) in [6, 6.07) is 0. The predicted octanol–water partition coefficient (Wildman–Crippen LogP) is 1.95. The summed E-state index contributed by atoms with van der Waals surface area (Å²) in [6.45, 7) is 0.542. The third-order valence-corrected chi connectivity index (χ3v) is 5.04. The number of hydrogen-bond acceptors (Lipinski definition) is 3. The average Bonchev–Trinajstić information content (AvgIpc) is 2.26. The Hall–Kier alpha value is -0.500. The van der Waals surface area contributed by atoms with Crippen LogP contribution in [0.2, 0.25) is 0 Å². The summed E-state index contributed by atoms with van der Waals surface area (Å²) < 4.78 is 36.0. The van der Waals surface area contributed by atoms with Crippen LogP contribution in [0.15, 0.2) is 0 Å². The minimum Gasteiger partial charge on any atom is -0.392 e. The van der Waals surface area contributed by atoms with E-state index in [1.54, 1.807) is 0 Å². The summed E-state index contributed by atoms with van der Waals surface area (Å²) in [5.74, 6) is -0.875. The van der Waals surface area contributed by atoms with Crippen LogP contribution in [0.25, 0.3) is 0 Å². The van der Waals surface area contributed by atoms with Crippen molar-refractivity contribution in [2.45, 2.75) is 30.2 Å². The molecule has 1 amide bonds. The van der Waals surface area contributed by atoms with E-state index in [9.17, 15) is 18.0 Å². The second kappa shape index (κ2) is 5.64. The van der Waals surface area contributed by atoms with Crippen LogP contribution in [0, 0.1) is 0 Å². The number of nitrogens with zero attached hydrogens (tertiary/aromatic N) is 1. The molecule has 1 rings (SSSR count). The summed E-state index contributed by atoms with van der Waals surface area (Å²) in [4.78, 5) is 13.0. The third kappa shape index (κ3) is 3.74. The molecule has 0 aromatic rings. The third-order valence-electron chi connectivity index (χ3n) is 3.12. The van der Waals surface area contributed by atoms with Crippen molar-refractivity contribution in [3.8, 4) is 0 Å². The zero-order chi connectivity index (χ0) is 14.0. The average molecular weight is 300 g/mol. The van der Waals surface area contributed by atoms with E-state index in [0.29, 0.717) is 17.8 Å². The topological polar surface area (TPSA) is 46.3 Å². The molecule has 0 atom stereocenters. The lowest BCUT2D eigenvalue weighted by molar-refractivity contribution is -0.162. The fraction of sp³-hybridized carbons (Fsp3) is 0.800. The maximum absolute atomic E-state index is 12.1. The van der Waals surface area contributed by atoms with Crippen LogP contribution in [-0.2, 0) is 4.79 Å². The molecule has 1 fully saturated rings. The van der Waals surface area contributed by atoms with Crippen molar-refractivity contribution in [1.82, 2.24) is 4.90 Å². The molecule has 0 aromatic heterocycles. The smallest absolute Gasteiger partial charge is 0.392 e. The van der Waals surface area contributed by atoms with Gasteiger partial charge >= 0.3 is 6.18 Å². The molecule has 1 aliphatic heterocycles. The maximum Gasteiger partial charge on any atom is 0.397 e. The molecule has 8 heteroatoms. The summed E-state index contributed by atoms with van der Waals surface area (Å²) in [5, 5.41) is 0. The number of rotatable bonds is 3. The van der Waals surface area contributed by atoms with Crippen LogP contribution in [0.4, 0.5) is 13.2 Å². The first kappa shape index (κ1) is 15.6.